The summed E-state index contributed by atoms with van der Waals surface area (Å²) in [5.74, 6) is -0.525. The minimum Gasteiger partial charge on any atom is -0.352 e. The first-order valence-corrected chi connectivity index (χ1v) is 13.3. The second-order valence-corrected chi connectivity index (χ2v) is 11.4. The number of nitrogens with one attached hydrogen (secondary N) is 2. The molecule has 0 unspecified atom stereocenters. The maximum atomic E-state index is 13.2. The predicted octanol–water partition coefficient (Wildman–Crippen LogP) is 3.70. The molecular weight excluding hydrogens is 474 g/mol. The van der Waals surface area contributed by atoms with Crippen LogP contribution in [0.2, 0.25) is 5.02 Å². The molecule has 2 aromatic rings. The van der Waals surface area contributed by atoms with Gasteiger partial charge in [-0.3, -0.25) is 9.59 Å². The van der Waals surface area contributed by atoms with Crippen molar-refractivity contribution in [3.63, 3.8) is 0 Å². The van der Waals surface area contributed by atoms with Gasteiger partial charge in [-0.15, -0.1) is 0 Å². The molecule has 0 saturated carbocycles. The zero-order chi connectivity index (χ0) is 24.9. The summed E-state index contributed by atoms with van der Waals surface area (Å²) in [6.45, 7) is 6.49. The molecule has 184 valence electrons. The highest BCUT2D eigenvalue weighted by Crippen LogP contribution is 2.27. The fraction of sp³-hybridized carbons (Fsp3) is 0.440. The van der Waals surface area contributed by atoms with Crippen LogP contribution >= 0.6 is 11.6 Å². The first-order valence-electron chi connectivity index (χ1n) is 11.5. The van der Waals surface area contributed by atoms with Crippen molar-refractivity contribution >= 4 is 33.4 Å². The molecule has 2 atom stereocenters. The molecule has 0 bridgehead atoms. The highest BCUT2D eigenvalue weighted by atomic mass is 35.5. The van der Waals surface area contributed by atoms with Crippen molar-refractivity contribution in [2.45, 2.75) is 50.6 Å². The lowest BCUT2D eigenvalue weighted by atomic mass is 9.89. The van der Waals surface area contributed by atoms with E-state index in [1.807, 2.05) is 26.8 Å². The molecule has 3 rings (SSSR count). The Morgan fingerprint density at radius 1 is 0.941 bits per heavy atom. The molecule has 0 spiro atoms. The summed E-state index contributed by atoms with van der Waals surface area (Å²) in [6, 6.07) is 14.0. The Labute approximate surface area is 206 Å². The van der Waals surface area contributed by atoms with Gasteiger partial charge >= 0.3 is 0 Å². The van der Waals surface area contributed by atoms with Gasteiger partial charge in [0.15, 0.2) is 0 Å². The van der Waals surface area contributed by atoms with E-state index < -0.39 is 16.1 Å². The first kappa shape index (κ1) is 26.2. The van der Waals surface area contributed by atoms with Crippen LogP contribution in [0.15, 0.2) is 59.5 Å². The first-order chi connectivity index (χ1) is 16.1. The molecule has 34 heavy (non-hydrogen) atoms. The van der Waals surface area contributed by atoms with E-state index in [0.717, 1.165) is 0 Å². The van der Waals surface area contributed by atoms with Crippen molar-refractivity contribution in [2.75, 3.05) is 13.1 Å². The Kier molecular flexibility index (Phi) is 8.73. The van der Waals surface area contributed by atoms with Crippen LogP contribution in [-0.2, 0) is 14.8 Å². The Hall–Kier alpha value is -2.42. The Morgan fingerprint density at radius 3 is 2.09 bits per heavy atom. The van der Waals surface area contributed by atoms with Gasteiger partial charge in [0.05, 0.1) is 4.90 Å². The summed E-state index contributed by atoms with van der Waals surface area (Å²) < 4.78 is 27.5. The number of carbonyl (C=O) groups excluding carboxylic acids is 2. The molecule has 9 heteroatoms. The van der Waals surface area contributed by atoms with Crippen LogP contribution < -0.4 is 10.6 Å². The van der Waals surface area contributed by atoms with Crippen molar-refractivity contribution in [3.8, 4) is 0 Å². The van der Waals surface area contributed by atoms with E-state index in [1.54, 1.807) is 36.4 Å². The van der Waals surface area contributed by atoms with E-state index >= 15 is 0 Å². The molecule has 1 saturated heterocycles. The van der Waals surface area contributed by atoms with E-state index in [4.69, 9.17) is 11.6 Å². The van der Waals surface area contributed by atoms with Gasteiger partial charge in [-0.05, 0) is 68.0 Å². The average Bonchev–Trinajstić information content (AvgIpc) is 2.83. The maximum Gasteiger partial charge on any atom is 0.251 e. The largest absolute Gasteiger partial charge is 0.352 e. The number of benzene rings is 2. The summed E-state index contributed by atoms with van der Waals surface area (Å²) in [5, 5.41) is 6.38. The molecule has 1 heterocycles. The van der Waals surface area contributed by atoms with Crippen molar-refractivity contribution in [1.82, 2.24) is 14.9 Å². The maximum absolute atomic E-state index is 13.2. The highest BCUT2D eigenvalue weighted by Gasteiger charge is 2.36. The quantitative estimate of drug-likeness (QED) is 0.571. The smallest absolute Gasteiger partial charge is 0.251 e. The molecular formula is C25H32ClN3O4S. The number of amides is 2. The van der Waals surface area contributed by atoms with Crippen molar-refractivity contribution < 1.29 is 18.0 Å². The van der Waals surface area contributed by atoms with Gasteiger partial charge in [0, 0.05) is 29.7 Å². The summed E-state index contributed by atoms with van der Waals surface area (Å²) in [5.41, 5.74) is 0.472. The number of hydrogen-bond acceptors (Lipinski definition) is 4. The summed E-state index contributed by atoms with van der Waals surface area (Å²) >= 11 is 5.89. The van der Waals surface area contributed by atoms with Crippen LogP contribution in [0.4, 0.5) is 0 Å². The standard InChI is InChI=1S/C25H32ClN3O4S/c1-17(2)18(3)27-25(31)23(28-24(30)20-7-5-4-6-8-20)19-13-15-29(16-14-19)34(32,33)22-11-9-21(26)10-12-22/h4-12,17-19,23H,13-16H2,1-3H3,(H,27,31)(H,28,30)/t18-,23-/m1/s1. The highest BCUT2D eigenvalue weighted by molar-refractivity contribution is 7.89. The van der Waals surface area contributed by atoms with Gasteiger partial charge in [0.25, 0.3) is 5.91 Å². The normalized spacial score (nSPS) is 17.2. The zero-order valence-corrected chi connectivity index (χ0v) is 21.3. The van der Waals surface area contributed by atoms with Crippen LogP contribution in [0.1, 0.15) is 44.0 Å². The second kappa shape index (κ2) is 11.3. The molecule has 2 amide bonds. The number of carbonyl (C=O) groups is 2. The third kappa shape index (κ3) is 6.37. The van der Waals surface area contributed by atoms with Gasteiger partial charge in [-0.25, -0.2) is 8.42 Å². The van der Waals surface area contributed by atoms with Crippen LogP contribution in [0.5, 0.6) is 0 Å². The number of nitrogens with zero attached hydrogens (tertiary/aromatic N) is 1. The van der Waals surface area contributed by atoms with Gasteiger partial charge < -0.3 is 10.6 Å². The van der Waals surface area contributed by atoms with Crippen molar-refractivity contribution in [3.05, 3.63) is 65.2 Å². The fourth-order valence-corrected chi connectivity index (χ4v) is 5.49. The van der Waals surface area contributed by atoms with Crippen LogP contribution in [0.3, 0.4) is 0 Å². The lowest BCUT2D eigenvalue weighted by Gasteiger charge is -2.35. The predicted molar refractivity (Wildman–Crippen MR) is 133 cm³/mol. The molecule has 0 aliphatic carbocycles. The molecule has 0 aromatic heterocycles. The van der Waals surface area contributed by atoms with E-state index in [2.05, 4.69) is 10.6 Å². The topological polar surface area (TPSA) is 95.6 Å². The van der Waals surface area contributed by atoms with E-state index in [9.17, 15) is 18.0 Å². The van der Waals surface area contributed by atoms with E-state index in [0.29, 0.717) is 23.4 Å². The molecule has 7 nitrogen and oxygen atoms in total. The van der Waals surface area contributed by atoms with Crippen LogP contribution in [0.25, 0.3) is 0 Å². The van der Waals surface area contributed by atoms with Gasteiger partial charge in [0.2, 0.25) is 15.9 Å². The second-order valence-electron chi connectivity index (χ2n) is 9.05. The Balaban J connectivity index is 1.74. The number of rotatable bonds is 8. The monoisotopic (exact) mass is 505 g/mol. The van der Waals surface area contributed by atoms with Gasteiger partial charge in [-0.2, -0.15) is 4.31 Å². The summed E-state index contributed by atoms with van der Waals surface area (Å²) in [7, 11) is -3.66. The van der Waals surface area contributed by atoms with Gasteiger partial charge in [-0.1, -0.05) is 43.6 Å². The van der Waals surface area contributed by atoms with Crippen molar-refractivity contribution in [1.29, 1.82) is 0 Å². The van der Waals surface area contributed by atoms with Crippen LogP contribution in [0, 0.1) is 11.8 Å². The molecule has 0 radical (unpaired) electrons. The van der Waals surface area contributed by atoms with E-state index in [-0.39, 0.29) is 47.7 Å². The minimum atomic E-state index is -3.66. The lowest BCUT2D eigenvalue weighted by molar-refractivity contribution is -0.125. The van der Waals surface area contributed by atoms with Crippen molar-refractivity contribution in [2.24, 2.45) is 11.8 Å². The van der Waals surface area contributed by atoms with Crippen LogP contribution in [-0.4, -0.2) is 49.7 Å². The lowest BCUT2D eigenvalue weighted by Crippen LogP contribution is -2.55. The number of halogens is 1. The van der Waals surface area contributed by atoms with Gasteiger partial charge in [0.1, 0.15) is 6.04 Å². The zero-order valence-electron chi connectivity index (χ0n) is 19.7. The third-order valence-electron chi connectivity index (χ3n) is 6.40. The number of hydrogen-bond donors (Lipinski definition) is 2. The Bertz CT molecular complexity index is 1080. The SMILES string of the molecule is CC(C)[C@@H](C)NC(=O)[C@H](NC(=O)c1ccccc1)C1CCN(S(=O)(=O)c2ccc(Cl)cc2)CC1. The minimum absolute atomic E-state index is 0.0611. The third-order valence-corrected chi connectivity index (χ3v) is 8.56. The summed E-state index contributed by atoms with van der Waals surface area (Å²) in [6.07, 6.45) is 0.909. The Morgan fingerprint density at radius 2 is 1.53 bits per heavy atom. The van der Waals surface area contributed by atoms with E-state index in [1.165, 1.54) is 16.4 Å². The molecule has 2 aromatic carbocycles. The number of piperidine rings is 1. The molecule has 1 aliphatic rings. The molecule has 2 N–H and O–H groups in total. The fourth-order valence-electron chi connectivity index (χ4n) is 3.90. The number of sulfonamides is 1. The summed E-state index contributed by atoms with van der Waals surface area (Å²) in [4.78, 5) is 26.2. The average molecular weight is 506 g/mol. The molecule has 1 aliphatic heterocycles. The molecule has 1 fully saturated rings.